The van der Waals surface area contributed by atoms with Gasteiger partial charge in [0, 0.05) is 6.04 Å². The summed E-state index contributed by atoms with van der Waals surface area (Å²) in [6.07, 6.45) is 15.5. The van der Waals surface area contributed by atoms with Crippen LogP contribution in [0.4, 0.5) is 0 Å². The third kappa shape index (κ3) is 2.14. The van der Waals surface area contributed by atoms with E-state index in [1.165, 1.54) is 70.6 Å². The first-order valence-electron chi connectivity index (χ1n) is 9.22. The van der Waals surface area contributed by atoms with Crippen LogP contribution < -0.4 is 0 Å². The highest BCUT2D eigenvalue weighted by Gasteiger charge is 2.59. The Morgan fingerprint density at radius 2 is 1.67 bits per heavy atom. The molecule has 3 aliphatic carbocycles. The second-order valence-electron chi connectivity index (χ2n) is 7.74. The van der Waals surface area contributed by atoms with Crippen molar-refractivity contribution in [2.45, 2.75) is 94.7 Å². The van der Waals surface area contributed by atoms with Gasteiger partial charge in [-0.1, -0.05) is 38.5 Å². The van der Waals surface area contributed by atoms with Gasteiger partial charge in [0.2, 0.25) is 0 Å². The van der Waals surface area contributed by atoms with E-state index in [0.717, 1.165) is 6.42 Å². The first kappa shape index (κ1) is 14.0. The van der Waals surface area contributed by atoms with Gasteiger partial charge in [-0.05, 0) is 50.4 Å². The van der Waals surface area contributed by atoms with E-state index in [4.69, 9.17) is 4.84 Å². The molecule has 1 heterocycles. The van der Waals surface area contributed by atoms with E-state index in [0.29, 0.717) is 24.0 Å². The number of hydrogen-bond acceptors (Lipinski definition) is 3. The minimum absolute atomic E-state index is 0.291. The van der Waals surface area contributed by atoms with Crippen LogP contribution in [0, 0.1) is 23.2 Å². The van der Waals surface area contributed by atoms with Gasteiger partial charge in [-0.25, -0.2) is 0 Å². The zero-order valence-corrected chi connectivity index (χ0v) is 13.1. The van der Waals surface area contributed by atoms with Crippen LogP contribution >= 0.6 is 0 Å². The predicted octanol–water partition coefficient (Wildman–Crippen LogP) is 4.19. The highest BCUT2D eigenvalue weighted by Crippen LogP contribution is 2.54. The summed E-state index contributed by atoms with van der Waals surface area (Å²) >= 11 is 0. The van der Waals surface area contributed by atoms with Crippen molar-refractivity contribution in [1.82, 2.24) is 5.06 Å². The summed E-state index contributed by atoms with van der Waals surface area (Å²) in [5, 5.41) is 12.3. The van der Waals surface area contributed by atoms with Crippen LogP contribution in [0.3, 0.4) is 0 Å². The molecule has 3 nitrogen and oxygen atoms in total. The molecule has 0 radical (unpaired) electrons. The zero-order chi connectivity index (χ0) is 14.3. The number of nitrogens with zero attached hydrogens (tertiary/aromatic N) is 2. The first-order valence-corrected chi connectivity index (χ1v) is 9.22. The lowest BCUT2D eigenvalue weighted by Crippen LogP contribution is -2.63. The molecule has 4 rings (SSSR count). The summed E-state index contributed by atoms with van der Waals surface area (Å²) in [6, 6.07) is 3.26. The number of fused-ring (bicyclic) bond motifs is 3. The lowest BCUT2D eigenvalue weighted by Gasteiger charge is -2.55. The van der Waals surface area contributed by atoms with Crippen LogP contribution in [0.2, 0.25) is 0 Å². The molecule has 1 saturated heterocycles. The Hall–Kier alpha value is -0.590. The Morgan fingerprint density at radius 3 is 2.48 bits per heavy atom. The maximum Gasteiger partial charge on any atom is 0.136 e. The molecular formula is C18H28N2O. The Labute approximate surface area is 128 Å². The number of nitriles is 1. The van der Waals surface area contributed by atoms with E-state index < -0.39 is 0 Å². The molecule has 0 amide bonds. The molecule has 21 heavy (non-hydrogen) atoms. The van der Waals surface area contributed by atoms with Gasteiger partial charge in [-0.3, -0.25) is 4.84 Å². The molecule has 0 aromatic carbocycles. The standard InChI is InChI=1S/C18H28N2O/c19-13-18-12-6-10-16(18)15-9-4-5-11-17(15)21-20(18)14-7-2-1-3-8-14/h14-17H,1-12H2. The summed E-state index contributed by atoms with van der Waals surface area (Å²) in [7, 11) is 0. The molecule has 0 N–H and O–H groups in total. The monoisotopic (exact) mass is 288 g/mol. The summed E-state index contributed by atoms with van der Waals surface area (Å²) < 4.78 is 0. The average molecular weight is 288 g/mol. The molecule has 4 atom stereocenters. The number of hydroxylamine groups is 2. The molecule has 3 saturated carbocycles. The van der Waals surface area contributed by atoms with Gasteiger partial charge in [0.25, 0.3) is 0 Å². The predicted molar refractivity (Wildman–Crippen MR) is 81.2 cm³/mol. The van der Waals surface area contributed by atoms with Crippen molar-refractivity contribution >= 4 is 0 Å². The van der Waals surface area contributed by atoms with Crippen LogP contribution in [0.1, 0.15) is 77.0 Å². The van der Waals surface area contributed by atoms with E-state index in [1.54, 1.807) is 0 Å². The lowest BCUT2D eigenvalue weighted by molar-refractivity contribution is -0.326. The zero-order valence-electron chi connectivity index (χ0n) is 13.1. The topological polar surface area (TPSA) is 36.3 Å². The van der Waals surface area contributed by atoms with Gasteiger partial charge in [0.15, 0.2) is 0 Å². The first-order chi connectivity index (χ1) is 10.3. The van der Waals surface area contributed by atoms with Crippen molar-refractivity contribution in [1.29, 1.82) is 5.26 Å². The third-order valence-corrected chi connectivity index (χ3v) is 6.70. The largest absolute Gasteiger partial charge is 0.294 e. The highest BCUT2D eigenvalue weighted by molar-refractivity contribution is 5.18. The second kappa shape index (κ2) is 5.56. The molecule has 4 fully saturated rings. The van der Waals surface area contributed by atoms with Gasteiger partial charge in [-0.2, -0.15) is 10.3 Å². The molecule has 3 heteroatoms. The lowest BCUT2D eigenvalue weighted by atomic mass is 9.69. The van der Waals surface area contributed by atoms with Crippen LogP contribution in [-0.4, -0.2) is 22.7 Å². The minimum Gasteiger partial charge on any atom is -0.294 e. The molecule has 116 valence electrons. The summed E-state index contributed by atoms with van der Waals surface area (Å²) in [5.74, 6) is 1.23. The molecule has 0 aromatic heterocycles. The molecule has 1 aliphatic heterocycles. The van der Waals surface area contributed by atoms with Crippen molar-refractivity contribution in [3.05, 3.63) is 0 Å². The summed E-state index contributed by atoms with van der Waals surface area (Å²) in [5.41, 5.74) is -0.291. The fraction of sp³-hybridized carbons (Fsp3) is 0.944. The van der Waals surface area contributed by atoms with Crippen LogP contribution in [0.25, 0.3) is 0 Å². The fourth-order valence-electron chi connectivity index (χ4n) is 5.73. The highest BCUT2D eigenvalue weighted by atomic mass is 16.7. The Kier molecular flexibility index (Phi) is 3.71. The molecule has 0 aromatic rings. The average Bonchev–Trinajstić information content (AvgIpc) is 3.00. The SMILES string of the molecule is N#CC12CCCC1C1CCCCC1ON2C1CCCCC1. The van der Waals surface area contributed by atoms with Crippen molar-refractivity contribution in [3.63, 3.8) is 0 Å². The maximum absolute atomic E-state index is 10.1. The summed E-state index contributed by atoms with van der Waals surface area (Å²) in [6.45, 7) is 0. The van der Waals surface area contributed by atoms with Crippen molar-refractivity contribution in [2.75, 3.05) is 0 Å². The Morgan fingerprint density at radius 1 is 0.905 bits per heavy atom. The van der Waals surface area contributed by atoms with Crippen LogP contribution in [-0.2, 0) is 4.84 Å². The second-order valence-corrected chi connectivity index (χ2v) is 7.74. The molecular weight excluding hydrogens is 260 g/mol. The summed E-state index contributed by atoms with van der Waals surface area (Å²) in [4.78, 5) is 6.55. The molecule has 4 aliphatic rings. The van der Waals surface area contributed by atoms with Crippen LogP contribution in [0.15, 0.2) is 0 Å². The van der Waals surface area contributed by atoms with Crippen molar-refractivity contribution < 1.29 is 4.84 Å². The number of hydrogen-bond donors (Lipinski definition) is 0. The molecule has 4 unspecified atom stereocenters. The molecule has 0 bridgehead atoms. The van der Waals surface area contributed by atoms with Gasteiger partial charge >= 0.3 is 0 Å². The Bertz CT molecular complexity index is 425. The normalized spacial score (nSPS) is 44.8. The van der Waals surface area contributed by atoms with Crippen molar-refractivity contribution in [2.24, 2.45) is 11.8 Å². The number of rotatable bonds is 1. The minimum atomic E-state index is -0.291. The smallest absolute Gasteiger partial charge is 0.136 e. The van der Waals surface area contributed by atoms with E-state index in [2.05, 4.69) is 11.1 Å². The Balaban J connectivity index is 1.66. The van der Waals surface area contributed by atoms with Crippen molar-refractivity contribution in [3.8, 4) is 6.07 Å². The third-order valence-electron chi connectivity index (χ3n) is 6.70. The van der Waals surface area contributed by atoms with Gasteiger partial charge in [0.1, 0.15) is 5.54 Å². The van der Waals surface area contributed by atoms with Gasteiger partial charge in [-0.15, -0.1) is 0 Å². The van der Waals surface area contributed by atoms with E-state index >= 15 is 0 Å². The van der Waals surface area contributed by atoms with Gasteiger partial charge < -0.3 is 0 Å². The van der Waals surface area contributed by atoms with E-state index in [9.17, 15) is 5.26 Å². The van der Waals surface area contributed by atoms with Crippen LogP contribution in [0.5, 0.6) is 0 Å². The van der Waals surface area contributed by atoms with E-state index in [1.807, 2.05) is 0 Å². The maximum atomic E-state index is 10.1. The molecule has 0 spiro atoms. The van der Waals surface area contributed by atoms with E-state index in [-0.39, 0.29) is 5.54 Å². The fourth-order valence-corrected chi connectivity index (χ4v) is 5.73. The quantitative estimate of drug-likeness (QED) is 0.726. The van der Waals surface area contributed by atoms with Gasteiger partial charge in [0.05, 0.1) is 12.2 Å².